The fraction of sp³-hybridized carbons (Fsp3) is 0.455. The molecule has 3 fully saturated rings. The summed E-state index contributed by atoms with van der Waals surface area (Å²) in [5, 5.41) is 0. The molecule has 0 saturated carbocycles. The SMILES string of the molecule is [F-].[F-].[F-].c1ccc([S+]2CCCCC2)cc1.c1ccc([S+]2CCCCC2)cc1.c1ccc([S+]2CCCCC2)cc1. The van der Waals surface area contributed by atoms with Gasteiger partial charge in [0, 0.05) is 32.7 Å². The molecule has 3 aromatic carbocycles. The molecular weight excluding hydrogens is 550 g/mol. The van der Waals surface area contributed by atoms with Gasteiger partial charge < -0.3 is 14.1 Å². The molecule has 3 aliphatic heterocycles. The highest BCUT2D eigenvalue weighted by Gasteiger charge is 2.25. The Balaban J connectivity index is 0.000000282. The highest BCUT2D eigenvalue weighted by Crippen LogP contribution is 2.23. The maximum atomic E-state index is 2.29. The Labute approximate surface area is 243 Å². The van der Waals surface area contributed by atoms with Crippen LogP contribution in [0.5, 0.6) is 0 Å². The molecule has 3 aliphatic rings. The highest BCUT2D eigenvalue weighted by atomic mass is 32.2. The van der Waals surface area contributed by atoms with Gasteiger partial charge in [-0.1, -0.05) is 54.6 Å². The molecule has 0 bridgehead atoms. The van der Waals surface area contributed by atoms with Crippen molar-refractivity contribution in [3.63, 3.8) is 0 Å². The van der Waals surface area contributed by atoms with Gasteiger partial charge in [0.2, 0.25) is 0 Å². The number of benzene rings is 3. The molecule has 216 valence electrons. The normalized spacial score (nSPS) is 17.8. The maximum absolute atomic E-state index is 2.29. The Morgan fingerprint density at radius 2 is 0.487 bits per heavy atom. The van der Waals surface area contributed by atoms with Gasteiger partial charge in [-0.2, -0.15) is 0 Å². The monoisotopic (exact) mass is 594 g/mol. The molecule has 0 aliphatic carbocycles. The van der Waals surface area contributed by atoms with E-state index in [0.29, 0.717) is 32.7 Å². The molecule has 0 amide bonds. The molecule has 0 spiro atoms. The number of rotatable bonds is 3. The summed E-state index contributed by atoms with van der Waals surface area (Å²) in [6.07, 6.45) is 13.0. The number of halogens is 3. The lowest BCUT2D eigenvalue weighted by molar-refractivity contribution is -0.00100. The van der Waals surface area contributed by atoms with Gasteiger partial charge in [0.15, 0.2) is 14.7 Å². The Kier molecular flexibility index (Phi) is 19.4. The Hall–Kier alpha value is -1.50. The largest absolute Gasteiger partial charge is 1.00 e. The van der Waals surface area contributed by atoms with Crippen LogP contribution in [0.1, 0.15) is 57.8 Å². The summed E-state index contributed by atoms with van der Waals surface area (Å²) in [5.74, 6) is 8.61. The summed E-state index contributed by atoms with van der Waals surface area (Å²) in [6, 6.07) is 33.0. The van der Waals surface area contributed by atoms with Gasteiger partial charge >= 0.3 is 0 Å². The van der Waals surface area contributed by atoms with Crippen molar-refractivity contribution in [2.24, 2.45) is 0 Å². The van der Waals surface area contributed by atoms with Gasteiger partial charge in [-0.05, 0) is 94.2 Å². The number of hydrogen-bond donors (Lipinski definition) is 0. The van der Waals surface area contributed by atoms with Crippen molar-refractivity contribution in [1.29, 1.82) is 0 Å². The van der Waals surface area contributed by atoms with E-state index >= 15 is 0 Å². The van der Waals surface area contributed by atoms with Crippen molar-refractivity contribution in [2.45, 2.75) is 72.5 Å². The molecular formula is C33H45F3S3. The van der Waals surface area contributed by atoms with Crippen molar-refractivity contribution in [3.8, 4) is 0 Å². The van der Waals surface area contributed by atoms with Gasteiger partial charge in [0.1, 0.15) is 34.5 Å². The van der Waals surface area contributed by atoms with Crippen molar-refractivity contribution in [2.75, 3.05) is 34.5 Å². The molecule has 3 saturated heterocycles. The standard InChI is InChI=1S/3C11H15S.3FH/c3*1-3-7-11(8-4-1)12-9-5-2-6-10-12;;;/h3*1,3-4,7-8H,2,5-6,9-10H2;3*1H/q3*+1;;;/p-3. The van der Waals surface area contributed by atoms with Crippen LogP contribution in [0.15, 0.2) is 106 Å². The molecule has 3 heterocycles. The van der Waals surface area contributed by atoms with E-state index < -0.39 is 0 Å². The van der Waals surface area contributed by atoms with Crippen LogP contribution in [0.25, 0.3) is 0 Å². The summed E-state index contributed by atoms with van der Waals surface area (Å²) < 4.78 is 0. The van der Waals surface area contributed by atoms with E-state index in [1.807, 2.05) is 0 Å². The van der Waals surface area contributed by atoms with Gasteiger partial charge in [-0.15, -0.1) is 0 Å². The molecule has 0 radical (unpaired) electrons. The minimum atomic E-state index is 0. The lowest BCUT2D eigenvalue weighted by atomic mass is 10.3. The third-order valence-electron chi connectivity index (χ3n) is 7.07. The third-order valence-corrected chi connectivity index (χ3v) is 14.6. The zero-order valence-corrected chi connectivity index (χ0v) is 25.6. The molecule has 39 heavy (non-hydrogen) atoms. The first kappa shape index (κ1) is 35.5. The second-order valence-electron chi connectivity index (χ2n) is 9.82. The second kappa shape index (κ2) is 21.3. The van der Waals surface area contributed by atoms with E-state index in [4.69, 9.17) is 0 Å². The summed E-state index contributed by atoms with van der Waals surface area (Å²) in [7, 11) is 1.78. The first-order valence-electron chi connectivity index (χ1n) is 14.1. The maximum Gasteiger partial charge on any atom is 0.154 e. The molecule has 6 rings (SSSR count). The summed E-state index contributed by atoms with van der Waals surface area (Å²) >= 11 is 0. The fourth-order valence-corrected chi connectivity index (χ4v) is 12.0. The highest BCUT2D eigenvalue weighted by molar-refractivity contribution is 7.97. The summed E-state index contributed by atoms with van der Waals surface area (Å²) in [4.78, 5) is 4.74. The van der Waals surface area contributed by atoms with Crippen LogP contribution in [0.4, 0.5) is 0 Å². The van der Waals surface area contributed by atoms with E-state index in [1.54, 1.807) is 14.7 Å². The minimum absolute atomic E-state index is 0. The predicted octanol–water partition coefficient (Wildman–Crippen LogP) is -0.445. The summed E-state index contributed by atoms with van der Waals surface area (Å²) in [5.41, 5.74) is 0. The Morgan fingerprint density at radius 3 is 0.692 bits per heavy atom. The van der Waals surface area contributed by atoms with E-state index in [1.165, 1.54) is 92.3 Å². The first-order valence-corrected chi connectivity index (χ1v) is 18.8. The van der Waals surface area contributed by atoms with Gasteiger partial charge in [-0.3, -0.25) is 0 Å². The van der Waals surface area contributed by atoms with Crippen molar-refractivity contribution in [1.82, 2.24) is 0 Å². The predicted molar refractivity (Wildman–Crippen MR) is 167 cm³/mol. The van der Waals surface area contributed by atoms with Crippen LogP contribution in [0, 0.1) is 0 Å². The zero-order valence-electron chi connectivity index (χ0n) is 23.1. The van der Waals surface area contributed by atoms with Gasteiger partial charge in [0.05, 0.1) is 0 Å². The molecule has 0 atom stereocenters. The van der Waals surface area contributed by atoms with Crippen LogP contribution >= 0.6 is 0 Å². The smallest absolute Gasteiger partial charge is 0.154 e. The summed E-state index contributed by atoms with van der Waals surface area (Å²) in [6.45, 7) is 0. The average Bonchev–Trinajstić information content (AvgIpc) is 3.01. The van der Waals surface area contributed by atoms with Crippen LogP contribution in [0.3, 0.4) is 0 Å². The van der Waals surface area contributed by atoms with Crippen LogP contribution < -0.4 is 14.1 Å². The molecule has 6 heteroatoms. The third kappa shape index (κ3) is 12.7. The lowest BCUT2D eigenvalue weighted by Crippen LogP contribution is -3.00. The average molecular weight is 595 g/mol. The molecule has 0 nitrogen and oxygen atoms in total. The number of hydrogen-bond acceptors (Lipinski definition) is 0. The molecule has 0 unspecified atom stereocenters. The lowest BCUT2D eigenvalue weighted by Gasteiger charge is -2.12. The van der Waals surface area contributed by atoms with Crippen molar-refractivity contribution >= 4 is 32.7 Å². The molecule has 0 aromatic heterocycles. The van der Waals surface area contributed by atoms with Gasteiger partial charge in [-0.25, -0.2) is 0 Å². The van der Waals surface area contributed by atoms with E-state index in [2.05, 4.69) is 91.0 Å². The van der Waals surface area contributed by atoms with Crippen LogP contribution in [-0.2, 0) is 32.7 Å². The topological polar surface area (TPSA) is 0 Å². The molecule has 0 N–H and O–H groups in total. The minimum Gasteiger partial charge on any atom is -1.00 e. The Morgan fingerprint density at radius 1 is 0.282 bits per heavy atom. The van der Waals surface area contributed by atoms with Crippen LogP contribution in [0.2, 0.25) is 0 Å². The van der Waals surface area contributed by atoms with Crippen LogP contribution in [-0.4, -0.2) is 34.5 Å². The van der Waals surface area contributed by atoms with Crippen molar-refractivity contribution < 1.29 is 14.1 Å². The molecule has 3 aromatic rings. The van der Waals surface area contributed by atoms with Gasteiger partial charge in [0.25, 0.3) is 0 Å². The Bertz CT molecular complexity index is 815. The van der Waals surface area contributed by atoms with E-state index in [0.717, 1.165) is 0 Å². The zero-order chi connectivity index (χ0) is 24.7. The fourth-order valence-electron chi connectivity index (χ4n) is 5.04. The second-order valence-corrected chi connectivity index (χ2v) is 16.6. The first-order chi connectivity index (χ1) is 17.9. The van der Waals surface area contributed by atoms with E-state index in [9.17, 15) is 0 Å². The van der Waals surface area contributed by atoms with E-state index in [-0.39, 0.29) is 14.1 Å². The van der Waals surface area contributed by atoms with Crippen molar-refractivity contribution in [3.05, 3.63) is 91.0 Å². The quantitative estimate of drug-likeness (QED) is 0.361.